The third kappa shape index (κ3) is 3.49. The third-order valence-corrected chi connectivity index (χ3v) is 4.01. The van der Waals surface area contributed by atoms with Gasteiger partial charge in [-0.25, -0.2) is 4.79 Å². The number of carbonyl (C=O) groups excluding carboxylic acids is 1. The maximum Gasteiger partial charge on any atom is 0.321 e. The van der Waals surface area contributed by atoms with Gasteiger partial charge < -0.3 is 10.1 Å². The van der Waals surface area contributed by atoms with Crippen LogP contribution in [0.2, 0.25) is 0 Å². The molecule has 0 aliphatic carbocycles. The Kier molecular flexibility index (Phi) is 4.01. The van der Waals surface area contributed by atoms with Crippen molar-refractivity contribution in [3.63, 3.8) is 0 Å². The van der Waals surface area contributed by atoms with E-state index in [1.165, 1.54) is 16.9 Å². The van der Waals surface area contributed by atoms with Gasteiger partial charge in [-0.15, -0.1) is 10.2 Å². The number of amides is 2. The molecule has 0 saturated carbocycles. The average molecular weight is 304 g/mol. The van der Waals surface area contributed by atoms with E-state index in [0.717, 1.165) is 17.2 Å². The Hall–Kier alpha value is -2.15. The van der Waals surface area contributed by atoms with Gasteiger partial charge in [0.05, 0.1) is 6.61 Å². The van der Waals surface area contributed by atoms with Gasteiger partial charge in [-0.2, -0.15) is 0 Å². The number of benzene rings is 1. The predicted molar refractivity (Wildman–Crippen MR) is 80.8 cm³/mol. The topological polar surface area (TPSA) is 76.1 Å². The van der Waals surface area contributed by atoms with Crippen LogP contribution in [0.25, 0.3) is 0 Å². The Morgan fingerprint density at radius 1 is 1.43 bits per heavy atom. The van der Waals surface area contributed by atoms with E-state index in [0.29, 0.717) is 18.3 Å². The number of hydrogen-bond acceptors (Lipinski definition) is 5. The number of aromatic nitrogens is 2. The van der Waals surface area contributed by atoms with Gasteiger partial charge in [0.15, 0.2) is 0 Å². The van der Waals surface area contributed by atoms with Gasteiger partial charge >= 0.3 is 6.03 Å². The summed E-state index contributed by atoms with van der Waals surface area (Å²) in [5.41, 5.74) is 1.19. The molecule has 0 spiro atoms. The fourth-order valence-electron chi connectivity index (χ4n) is 2.25. The fraction of sp³-hybridized carbons (Fsp3) is 0.357. The van der Waals surface area contributed by atoms with Crippen LogP contribution < -0.4 is 15.4 Å². The minimum Gasteiger partial charge on any atom is -0.493 e. The molecule has 1 aromatic carbocycles. The van der Waals surface area contributed by atoms with E-state index in [4.69, 9.17) is 4.74 Å². The Morgan fingerprint density at radius 3 is 3.10 bits per heavy atom. The Labute approximate surface area is 126 Å². The van der Waals surface area contributed by atoms with E-state index in [-0.39, 0.29) is 11.9 Å². The molecule has 2 heterocycles. The number of fused-ring (bicyclic) bond motifs is 1. The van der Waals surface area contributed by atoms with E-state index in [1.807, 2.05) is 25.1 Å². The molecule has 21 heavy (non-hydrogen) atoms. The summed E-state index contributed by atoms with van der Waals surface area (Å²) in [5, 5.41) is 14.6. The molecule has 0 bridgehead atoms. The molecule has 2 aromatic rings. The van der Waals surface area contributed by atoms with Crippen LogP contribution in [-0.2, 0) is 6.42 Å². The third-order valence-electron chi connectivity index (χ3n) is 3.25. The summed E-state index contributed by atoms with van der Waals surface area (Å²) in [4.78, 5) is 11.8. The lowest BCUT2D eigenvalue weighted by molar-refractivity contribution is 0.215. The summed E-state index contributed by atoms with van der Waals surface area (Å²) in [5.74, 6) is 1.23. The minimum atomic E-state index is -0.259. The Bertz CT molecular complexity index is 643. The quantitative estimate of drug-likeness (QED) is 0.911. The molecule has 0 radical (unpaired) electrons. The van der Waals surface area contributed by atoms with Crippen molar-refractivity contribution in [2.75, 3.05) is 18.5 Å². The smallest absolute Gasteiger partial charge is 0.321 e. The molecule has 6 nitrogen and oxygen atoms in total. The number of carbonyl (C=O) groups is 1. The highest BCUT2D eigenvalue weighted by atomic mass is 32.1. The lowest BCUT2D eigenvalue weighted by Crippen LogP contribution is -2.37. The van der Waals surface area contributed by atoms with Crippen molar-refractivity contribution < 1.29 is 9.53 Å². The SMILES string of the molecule is Cc1nnc(NC(=O)NCC2COc3ccccc3C2)s1. The Balaban J connectivity index is 1.49. The molecule has 1 aromatic heterocycles. The highest BCUT2D eigenvalue weighted by molar-refractivity contribution is 7.15. The number of hydrogen-bond donors (Lipinski definition) is 2. The average Bonchev–Trinajstić information content (AvgIpc) is 2.90. The van der Waals surface area contributed by atoms with E-state index in [9.17, 15) is 4.79 Å². The number of aryl methyl sites for hydroxylation is 1. The summed E-state index contributed by atoms with van der Waals surface area (Å²) in [6.45, 7) is 3.03. The van der Waals surface area contributed by atoms with Crippen molar-refractivity contribution in [3.8, 4) is 5.75 Å². The highest BCUT2D eigenvalue weighted by Gasteiger charge is 2.20. The van der Waals surface area contributed by atoms with Crippen molar-refractivity contribution >= 4 is 22.5 Å². The van der Waals surface area contributed by atoms with Crippen LogP contribution in [0.15, 0.2) is 24.3 Å². The van der Waals surface area contributed by atoms with Gasteiger partial charge in [0, 0.05) is 12.5 Å². The largest absolute Gasteiger partial charge is 0.493 e. The highest BCUT2D eigenvalue weighted by Crippen LogP contribution is 2.26. The van der Waals surface area contributed by atoms with E-state index in [2.05, 4.69) is 26.9 Å². The van der Waals surface area contributed by atoms with Crippen molar-refractivity contribution in [2.45, 2.75) is 13.3 Å². The fourth-order valence-corrected chi connectivity index (χ4v) is 2.83. The molecule has 2 N–H and O–H groups in total. The summed E-state index contributed by atoms with van der Waals surface area (Å²) in [7, 11) is 0. The second-order valence-corrected chi connectivity index (χ2v) is 6.13. The normalized spacial score (nSPS) is 16.7. The molecule has 1 aliphatic rings. The van der Waals surface area contributed by atoms with Crippen molar-refractivity contribution in [2.24, 2.45) is 5.92 Å². The van der Waals surface area contributed by atoms with E-state index >= 15 is 0 Å². The molecule has 7 heteroatoms. The van der Waals surface area contributed by atoms with Gasteiger partial charge in [0.1, 0.15) is 10.8 Å². The number of para-hydroxylation sites is 1. The number of ether oxygens (including phenoxy) is 1. The first-order valence-corrected chi connectivity index (χ1v) is 7.58. The second-order valence-electron chi connectivity index (χ2n) is 4.95. The molecular weight excluding hydrogens is 288 g/mol. The van der Waals surface area contributed by atoms with Crippen LogP contribution in [0.4, 0.5) is 9.93 Å². The number of rotatable bonds is 3. The second kappa shape index (κ2) is 6.09. The zero-order chi connectivity index (χ0) is 14.7. The van der Waals surface area contributed by atoms with Crippen molar-refractivity contribution in [1.29, 1.82) is 0 Å². The molecule has 1 aliphatic heterocycles. The van der Waals surface area contributed by atoms with Crippen molar-refractivity contribution in [1.82, 2.24) is 15.5 Å². The van der Waals surface area contributed by atoms with Gasteiger partial charge in [-0.1, -0.05) is 29.5 Å². The molecule has 0 fully saturated rings. The zero-order valence-corrected chi connectivity index (χ0v) is 12.4. The van der Waals surface area contributed by atoms with Crippen LogP contribution in [0, 0.1) is 12.8 Å². The van der Waals surface area contributed by atoms with Crippen LogP contribution in [0.1, 0.15) is 10.6 Å². The van der Waals surface area contributed by atoms with E-state index in [1.54, 1.807) is 0 Å². The lowest BCUT2D eigenvalue weighted by Gasteiger charge is -2.25. The van der Waals surface area contributed by atoms with Crippen LogP contribution in [-0.4, -0.2) is 29.4 Å². The van der Waals surface area contributed by atoms with Gasteiger partial charge in [-0.3, -0.25) is 5.32 Å². The summed E-state index contributed by atoms with van der Waals surface area (Å²) < 4.78 is 5.70. The Morgan fingerprint density at radius 2 is 2.29 bits per heavy atom. The summed E-state index contributed by atoms with van der Waals surface area (Å²) >= 11 is 1.35. The number of anilines is 1. The molecule has 2 amide bonds. The van der Waals surface area contributed by atoms with Crippen LogP contribution in [0.5, 0.6) is 5.75 Å². The maximum absolute atomic E-state index is 11.8. The van der Waals surface area contributed by atoms with Crippen molar-refractivity contribution in [3.05, 3.63) is 34.8 Å². The predicted octanol–water partition coefficient (Wildman–Crippen LogP) is 2.22. The van der Waals surface area contributed by atoms with Crippen LogP contribution in [0.3, 0.4) is 0 Å². The molecule has 1 unspecified atom stereocenters. The first-order valence-electron chi connectivity index (χ1n) is 6.76. The lowest BCUT2D eigenvalue weighted by atomic mass is 9.97. The first kappa shape index (κ1) is 13.8. The zero-order valence-electron chi connectivity index (χ0n) is 11.6. The van der Waals surface area contributed by atoms with E-state index < -0.39 is 0 Å². The molecule has 0 saturated heterocycles. The number of urea groups is 1. The maximum atomic E-state index is 11.8. The number of nitrogens with zero attached hydrogens (tertiary/aromatic N) is 2. The van der Waals surface area contributed by atoms with Gasteiger partial charge in [-0.05, 0) is 25.0 Å². The van der Waals surface area contributed by atoms with Crippen LogP contribution >= 0.6 is 11.3 Å². The minimum absolute atomic E-state index is 0.259. The first-order chi connectivity index (χ1) is 10.2. The summed E-state index contributed by atoms with van der Waals surface area (Å²) in [6, 6.07) is 7.75. The standard InChI is InChI=1S/C14H16N4O2S/c1-9-17-18-14(21-9)16-13(19)15-7-10-6-11-4-2-3-5-12(11)20-8-10/h2-5,10H,6-8H2,1H3,(H2,15,16,18,19). The number of nitrogens with one attached hydrogen (secondary N) is 2. The van der Waals surface area contributed by atoms with Gasteiger partial charge in [0.25, 0.3) is 0 Å². The molecular formula is C14H16N4O2S. The summed E-state index contributed by atoms with van der Waals surface area (Å²) in [6.07, 6.45) is 0.911. The molecule has 3 rings (SSSR count). The van der Waals surface area contributed by atoms with Gasteiger partial charge in [0.2, 0.25) is 5.13 Å². The molecule has 1 atom stereocenters. The monoisotopic (exact) mass is 304 g/mol. The molecule has 110 valence electrons.